The fraction of sp³-hybridized carbons (Fsp3) is 0.263. The Hall–Kier alpha value is -3.02. The van der Waals surface area contributed by atoms with Crippen molar-refractivity contribution in [1.82, 2.24) is 0 Å². The Morgan fingerprint density at radius 3 is 2.48 bits per heavy atom. The molecule has 0 aliphatic heterocycles. The zero-order valence-corrected chi connectivity index (χ0v) is 14.4. The number of para-hydroxylation sites is 2. The molecule has 0 spiro atoms. The van der Waals surface area contributed by atoms with Gasteiger partial charge in [-0.3, -0.25) is 4.79 Å². The molecular formula is C19H21NO5. The van der Waals surface area contributed by atoms with Crippen molar-refractivity contribution in [3.8, 4) is 11.5 Å². The van der Waals surface area contributed by atoms with E-state index in [1.54, 1.807) is 36.4 Å². The molecule has 0 bridgehead atoms. The summed E-state index contributed by atoms with van der Waals surface area (Å²) in [7, 11) is 0. The van der Waals surface area contributed by atoms with E-state index in [4.69, 9.17) is 14.6 Å². The van der Waals surface area contributed by atoms with E-state index in [9.17, 15) is 9.59 Å². The number of carbonyl (C=O) groups excluding carboxylic acids is 1. The number of aliphatic carboxylic acids is 1. The summed E-state index contributed by atoms with van der Waals surface area (Å²) in [5.41, 5.74) is 0.513. The molecule has 0 radical (unpaired) electrons. The van der Waals surface area contributed by atoms with E-state index in [0.717, 1.165) is 0 Å². The number of amides is 1. The summed E-state index contributed by atoms with van der Waals surface area (Å²) in [5, 5.41) is 11.5. The summed E-state index contributed by atoms with van der Waals surface area (Å²) < 4.78 is 10.9. The van der Waals surface area contributed by atoms with E-state index in [2.05, 4.69) is 5.32 Å². The van der Waals surface area contributed by atoms with Gasteiger partial charge in [0, 0.05) is 5.56 Å². The Morgan fingerprint density at radius 2 is 1.80 bits per heavy atom. The van der Waals surface area contributed by atoms with Crippen LogP contribution >= 0.6 is 0 Å². The fourth-order valence-electron chi connectivity index (χ4n) is 2.06. The van der Waals surface area contributed by atoms with E-state index in [-0.39, 0.29) is 5.91 Å². The summed E-state index contributed by atoms with van der Waals surface area (Å²) in [4.78, 5) is 23.0. The number of carbonyl (C=O) groups is 2. The Labute approximate surface area is 146 Å². The molecule has 6 nitrogen and oxygen atoms in total. The number of hydrogen-bond acceptors (Lipinski definition) is 4. The largest absolute Gasteiger partial charge is 0.486 e. The highest BCUT2D eigenvalue weighted by Crippen LogP contribution is 2.28. The molecule has 25 heavy (non-hydrogen) atoms. The first-order valence-electron chi connectivity index (χ1n) is 7.79. The molecule has 0 atom stereocenters. The molecule has 2 aromatic rings. The van der Waals surface area contributed by atoms with Crippen molar-refractivity contribution < 1.29 is 24.2 Å². The number of rotatable bonds is 6. The van der Waals surface area contributed by atoms with Gasteiger partial charge in [-0.25, -0.2) is 4.79 Å². The Kier molecular flexibility index (Phi) is 5.64. The van der Waals surface area contributed by atoms with Crippen molar-refractivity contribution in [2.24, 2.45) is 0 Å². The molecule has 6 heteroatoms. The van der Waals surface area contributed by atoms with Gasteiger partial charge in [-0.15, -0.1) is 0 Å². The van der Waals surface area contributed by atoms with Crippen LogP contribution in [-0.4, -0.2) is 29.2 Å². The molecule has 0 aliphatic carbocycles. The smallest absolute Gasteiger partial charge is 0.341 e. The molecular weight excluding hydrogens is 322 g/mol. The van der Waals surface area contributed by atoms with E-state index < -0.39 is 18.2 Å². The maximum Gasteiger partial charge on any atom is 0.341 e. The van der Waals surface area contributed by atoms with E-state index >= 15 is 0 Å². The lowest BCUT2D eigenvalue weighted by Gasteiger charge is -2.23. The molecule has 0 fully saturated rings. The van der Waals surface area contributed by atoms with Crippen LogP contribution in [0.2, 0.25) is 0 Å². The molecule has 0 aliphatic rings. The van der Waals surface area contributed by atoms with Gasteiger partial charge >= 0.3 is 5.97 Å². The molecule has 0 saturated heterocycles. The standard InChI is InChI=1S/C19H21NO5/c1-19(2,3)25-16-10-5-4-9-15(16)20-18(23)13-7-6-8-14(11-13)24-12-17(21)22/h4-11H,12H2,1-3H3,(H,20,23)(H,21,22). The topological polar surface area (TPSA) is 84.9 Å². The third-order valence-corrected chi connectivity index (χ3v) is 3.01. The van der Waals surface area contributed by atoms with Crippen molar-refractivity contribution in [3.63, 3.8) is 0 Å². The monoisotopic (exact) mass is 343 g/mol. The van der Waals surface area contributed by atoms with Gasteiger partial charge in [0.1, 0.15) is 17.1 Å². The van der Waals surface area contributed by atoms with E-state index in [1.165, 1.54) is 6.07 Å². The predicted octanol–water partition coefficient (Wildman–Crippen LogP) is 3.58. The van der Waals surface area contributed by atoms with Crippen molar-refractivity contribution in [2.45, 2.75) is 26.4 Å². The summed E-state index contributed by atoms with van der Waals surface area (Å²) in [6.07, 6.45) is 0. The second-order valence-electron chi connectivity index (χ2n) is 6.37. The minimum absolute atomic E-state index is 0.314. The van der Waals surface area contributed by atoms with Crippen molar-refractivity contribution in [3.05, 3.63) is 54.1 Å². The predicted molar refractivity (Wildman–Crippen MR) is 94.3 cm³/mol. The van der Waals surface area contributed by atoms with Crippen LogP contribution in [-0.2, 0) is 4.79 Å². The average Bonchev–Trinajstić information content (AvgIpc) is 2.53. The van der Waals surface area contributed by atoms with Gasteiger partial charge in [0.15, 0.2) is 6.61 Å². The van der Waals surface area contributed by atoms with Crippen LogP contribution in [0.15, 0.2) is 48.5 Å². The molecule has 132 valence electrons. The minimum atomic E-state index is -1.08. The lowest BCUT2D eigenvalue weighted by molar-refractivity contribution is -0.139. The van der Waals surface area contributed by atoms with Crippen LogP contribution in [0, 0.1) is 0 Å². The number of nitrogens with one attached hydrogen (secondary N) is 1. The number of benzene rings is 2. The van der Waals surface area contributed by atoms with Crippen molar-refractivity contribution in [2.75, 3.05) is 11.9 Å². The maximum atomic E-state index is 12.5. The molecule has 2 N–H and O–H groups in total. The molecule has 1 amide bonds. The van der Waals surface area contributed by atoms with E-state index in [0.29, 0.717) is 22.7 Å². The molecule has 0 heterocycles. The molecule has 0 aromatic heterocycles. The normalized spacial score (nSPS) is 10.8. The van der Waals surface area contributed by atoms with Crippen molar-refractivity contribution in [1.29, 1.82) is 0 Å². The third kappa shape index (κ3) is 5.84. The van der Waals surface area contributed by atoms with E-state index in [1.807, 2.05) is 26.8 Å². The van der Waals surface area contributed by atoms with Gasteiger partial charge in [0.25, 0.3) is 5.91 Å². The molecule has 0 unspecified atom stereocenters. The summed E-state index contributed by atoms with van der Waals surface area (Å²) >= 11 is 0. The quantitative estimate of drug-likeness (QED) is 0.837. The highest BCUT2D eigenvalue weighted by atomic mass is 16.5. The summed E-state index contributed by atoms with van der Waals surface area (Å²) in [6, 6.07) is 13.5. The van der Waals surface area contributed by atoms with Crippen LogP contribution in [0.1, 0.15) is 31.1 Å². The first-order valence-corrected chi connectivity index (χ1v) is 7.79. The first-order chi connectivity index (χ1) is 11.7. The van der Waals surface area contributed by atoms with Gasteiger partial charge in [0.2, 0.25) is 0 Å². The van der Waals surface area contributed by atoms with Crippen LogP contribution < -0.4 is 14.8 Å². The first kappa shape index (κ1) is 18.3. The maximum absolute atomic E-state index is 12.5. The van der Waals surface area contributed by atoms with Crippen LogP contribution in [0.4, 0.5) is 5.69 Å². The Morgan fingerprint density at radius 1 is 1.08 bits per heavy atom. The minimum Gasteiger partial charge on any atom is -0.486 e. The van der Waals surface area contributed by atoms with Crippen LogP contribution in [0.5, 0.6) is 11.5 Å². The highest BCUT2D eigenvalue weighted by molar-refractivity contribution is 6.05. The van der Waals surface area contributed by atoms with Gasteiger partial charge in [0.05, 0.1) is 5.69 Å². The fourth-order valence-corrected chi connectivity index (χ4v) is 2.06. The van der Waals surface area contributed by atoms with Gasteiger partial charge < -0.3 is 19.9 Å². The lowest BCUT2D eigenvalue weighted by atomic mass is 10.1. The highest BCUT2D eigenvalue weighted by Gasteiger charge is 2.16. The zero-order valence-electron chi connectivity index (χ0n) is 14.4. The van der Waals surface area contributed by atoms with Gasteiger partial charge in [-0.05, 0) is 51.1 Å². The Balaban J connectivity index is 2.15. The third-order valence-electron chi connectivity index (χ3n) is 3.01. The van der Waals surface area contributed by atoms with Crippen LogP contribution in [0.25, 0.3) is 0 Å². The van der Waals surface area contributed by atoms with Gasteiger partial charge in [-0.1, -0.05) is 18.2 Å². The van der Waals surface area contributed by atoms with Crippen molar-refractivity contribution >= 4 is 17.6 Å². The Bertz CT molecular complexity index is 764. The lowest BCUT2D eigenvalue weighted by Crippen LogP contribution is -2.24. The molecule has 2 rings (SSSR count). The SMILES string of the molecule is CC(C)(C)Oc1ccccc1NC(=O)c1cccc(OCC(=O)O)c1. The van der Waals surface area contributed by atoms with Crippen LogP contribution in [0.3, 0.4) is 0 Å². The number of carboxylic acid groups (broad SMARTS) is 1. The summed E-state index contributed by atoms with van der Waals surface area (Å²) in [5.74, 6) is -0.537. The number of hydrogen-bond donors (Lipinski definition) is 2. The second kappa shape index (κ2) is 7.70. The summed E-state index contributed by atoms with van der Waals surface area (Å²) in [6.45, 7) is 5.31. The molecule has 0 saturated carbocycles. The molecule has 2 aromatic carbocycles. The zero-order chi connectivity index (χ0) is 18.4. The second-order valence-corrected chi connectivity index (χ2v) is 6.37. The number of carboxylic acids is 1. The number of ether oxygens (including phenoxy) is 2. The number of anilines is 1. The average molecular weight is 343 g/mol. The van der Waals surface area contributed by atoms with Gasteiger partial charge in [-0.2, -0.15) is 0 Å².